The predicted octanol–water partition coefficient (Wildman–Crippen LogP) is 3.99. The fourth-order valence-electron chi connectivity index (χ4n) is 3.55. The first-order valence-electron chi connectivity index (χ1n) is 8.80. The van der Waals surface area contributed by atoms with Gasteiger partial charge >= 0.3 is 0 Å². The number of amides is 1. The number of ether oxygens (including phenoxy) is 1. The van der Waals surface area contributed by atoms with Gasteiger partial charge in [-0.05, 0) is 73.1 Å². The molecule has 0 radical (unpaired) electrons. The van der Waals surface area contributed by atoms with E-state index in [1.807, 2.05) is 35.2 Å². The van der Waals surface area contributed by atoms with Crippen molar-refractivity contribution >= 4 is 5.91 Å². The minimum atomic E-state index is 0.169. The molecule has 2 aliphatic rings. The SMILES string of the molecule is COc1ccc(CN(C(=O)c2ccc3c(c2)CCC3)C2CC2)cc1. The van der Waals surface area contributed by atoms with E-state index in [0.717, 1.165) is 42.6 Å². The fraction of sp³-hybridized carbons (Fsp3) is 0.381. The van der Waals surface area contributed by atoms with Crippen LogP contribution in [0.2, 0.25) is 0 Å². The molecule has 0 aliphatic heterocycles. The van der Waals surface area contributed by atoms with E-state index in [9.17, 15) is 4.79 Å². The summed E-state index contributed by atoms with van der Waals surface area (Å²) in [5.74, 6) is 1.02. The Morgan fingerprint density at radius 2 is 1.83 bits per heavy atom. The van der Waals surface area contributed by atoms with Gasteiger partial charge in [0.15, 0.2) is 0 Å². The highest BCUT2D eigenvalue weighted by atomic mass is 16.5. The second-order valence-corrected chi connectivity index (χ2v) is 6.85. The Kier molecular flexibility index (Phi) is 4.01. The molecule has 0 saturated heterocycles. The molecular formula is C21H23NO2. The lowest BCUT2D eigenvalue weighted by Gasteiger charge is -2.23. The van der Waals surface area contributed by atoms with E-state index in [1.54, 1.807) is 7.11 Å². The van der Waals surface area contributed by atoms with Crippen LogP contribution in [0.5, 0.6) is 5.75 Å². The number of nitrogens with zero attached hydrogens (tertiary/aromatic N) is 1. The van der Waals surface area contributed by atoms with Crippen LogP contribution in [0.3, 0.4) is 0 Å². The van der Waals surface area contributed by atoms with E-state index in [4.69, 9.17) is 4.74 Å². The van der Waals surface area contributed by atoms with E-state index in [-0.39, 0.29) is 5.91 Å². The van der Waals surface area contributed by atoms with Crippen molar-refractivity contribution in [3.8, 4) is 5.75 Å². The molecule has 0 unspecified atom stereocenters. The molecule has 2 aromatic rings. The summed E-state index contributed by atoms with van der Waals surface area (Å²) < 4.78 is 5.21. The van der Waals surface area contributed by atoms with Crippen molar-refractivity contribution in [2.24, 2.45) is 0 Å². The second kappa shape index (κ2) is 6.31. The summed E-state index contributed by atoms with van der Waals surface area (Å²) >= 11 is 0. The van der Waals surface area contributed by atoms with Gasteiger partial charge in [0, 0.05) is 18.2 Å². The van der Waals surface area contributed by atoms with Crippen LogP contribution in [0, 0.1) is 0 Å². The standard InChI is InChI=1S/C21H23NO2/c1-24-20-11-5-15(6-12-20)14-22(19-9-10-19)21(23)18-8-7-16-3-2-4-17(16)13-18/h5-8,11-13,19H,2-4,9-10,14H2,1H3. The molecule has 1 amide bonds. The van der Waals surface area contributed by atoms with E-state index in [0.29, 0.717) is 12.6 Å². The van der Waals surface area contributed by atoms with Gasteiger partial charge in [-0.25, -0.2) is 0 Å². The summed E-state index contributed by atoms with van der Waals surface area (Å²) in [7, 11) is 1.67. The van der Waals surface area contributed by atoms with Gasteiger partial charge in [-0.1, -0.05) is 18.2 Å². The molecule has 0 spiro atoms. The molecule has 3 heteroatoms. The van der Waals surface area contributed by atoms with Crippen LogP contribution in [-0.2, 0) is 19.4 Å². The zero-order valence-corrected chi connectivity index (χ0v) is 14.1. The Hall–Kier alpha value is -2.29. The Balaban J connectivity index is 1.55. The maximum atomic E-state index is 13.1. The van der Waals surface area contributed by atoms with Crippen molar-refractivity contribution < 1.29 is 9.53 Å². The smallest absolute Gasteiger partial charge is 0.254 e. The molecule has 0 aromatic heterocycles. The highest BCUT2D eigenvalue weighted by Gasteiger charge is 2.33. The van der Waals surface area contributed by atoms with Crippen LogP contribution < -0.4 is 4.74 Å². The highest BCUT2D eigenvalue weighted by molar-refractivity contribution is 5.95. The Labute approximate surface area is 143 Å². The van der Waals surface area contributed by atoms with E-state index >= 15 is 0 Å². The second-order valence-electron chi connectivity index (χ2n) is 6.85. The zero-order chi connectivity index (χ0) is 16.5. The maximum Gasteiger partial charge on any atom is 0.254 e. The molecule has 0 heterocycles. The van der Waals surface area contributed by atoms with Crippen LogP contribution in [0.4, 0.5) is 0 Å². The number of benzene rings is 2. The van der Waals surface area contributed by atoms with E-state index in [1.165, 1.54) is 17.5 Å². The first-order chi connectivity index (χ1) is 11.7. The number of hydrogen-bond donors (Lipinski definition) is 0. The third-order valence-corrected chi connectivity index (χ3v) is 5.11. The van der Waals surface area contributed by atoms with Crippen LogP contribution in [-0.4, -0.2) is 24.0 Å². The predicted molar refractivity (Wildman–Crippen MR) is 94.4 cm³/mol. The number of rotatable bonds is 5. The van der Waals surface area contributed by atoms with Gasteiger partial charge in [0.05, 0.1) is 7.11 Å². The molecule has 1 saturated carbocycles. The van der Waals surface area contributed by atoms with E-state index in [2.05, 4.69) is 12.1 Å². The van der Waals surface area contributed by atoms with Crippen LogP contribution in [0.25, 0.3) is 0 Å². The van der Waals surface area contributed by atoms with E-state index < -0.39 is 0 Å². The van der Waals surface area contributed by atoms with Gasteiger partial charge in [-0.15, -0.1) is 0 Å². The average Bonchev–Trinajstić information content (AvgIpc) is 3.36. The summed E-state index contributed by atoms with van der Waals surface area (Å²) in [6.45, 7) is 0.671. The van der Waals surface area contributed by atoms with Crippen molar-refractivity contribution in [3.63, 3.8) is 0 Å². The largest absolute Gasteiger partial charge is 0.497 e. The Morgan fingerprint density at radius 3 is 2.54 bits per heavy atom. The van der Waals surface area contributed by atoms with Gasteiger partial charge in [0.2, 0.25) is 0 Å². The van der Waals surface area contributed by atoms with Crippen molar-refractivity contribution in [1.29, 1.82) is 0 Å². The number of carbonyl (C=O) groups is 1. The molecular weight excluding hydrogens is 298 g/mol. The van der Waals surface area contributed by atoms with Crippen molar-refractivity contribution in [3.05, 3.63) is 64.7 Å². The molecule has 1 fully saturated rings. The quantitative estimate of drug-likeness (QED) is 0.833. The summed E-state index contributed by atoms with van der Waals surface area (Å²) in [6.07, 6.45) is 5.71. The molecule has 0 bridgehead atoms. The minimum Gasteiger partial charge on any atom is -0.497 e. The van der Waals surface area contributed by atoms with Gasteiger partial charge in [0.25, 0.3) is 5.91 Å². The third kappa shape index (κ3) is 3.03. The number of fused-ring (bicyclic) bond motifs is 1. The Morgan fingerprint density at radius 1 is 1.08 bits per heavy atom. The minimum absolute atomic E-state index is 0.169. The normalized spacial score (nSPS) is 15.9. The molecule has 124 valence electrons. The molecule has 2 aromatic carbocycles. The number of aryl methyl sites for hydroxylation is 2. The monoisotopic (exact) mass is 321 g/mol. The van der Waals surface area contributed by atoms with Crippen molar-refractivity contribution in [1.82, 2.24) is 4.90 Å². The lowest BCUT2D eigenvalue weighted by Crippen LogP contribution is -2.32. The molecule has 4 rings (SSSR count). The highest BCUT2D eigenvalue weighted by Crippen LogP contribution is 2.31. The summed E-state index contributed by atoms with van der Waals surface area (Å²) in [5.41, 5.74) is 4.77. The lowest BCUT2D eigenvalue weighted by molar-refractivity contribution is 0.0730. The summed E-state index contributed by atoms with van der Waals surface area (Å²) in [5, 5.41) is 0. The topological polar surface area (TPSA) is 29.5 Å². The average molecular weight is 321 g/mol. The van der Waals surface area contributed by atoms with Gasteiger partial charge in [0.1, 0.15) is 5.75 Å². The number of methoxy groups -OCH3 is 1. The van der Waals surface area contributed by atoms with Crippen molar-refractivity contribution in [2.45, 2.75) is 44.7 Å². The number of hydrogen-bond acceptors (Lipinski definition) is 2. The summed E-state index contributed by atoms with van der Waals surface area (Å²) in [6, 6.07) is 14.7. The molecule has 3 nitrogen and oxygen atoms in total. The van der Waals surface area contributed by atoms with Gasteiger partial charge in [-0.2, -0.15) is 0 Å². The third-order valence-electron chi connectivity index (χ3n) is 5.11. The first kappa shape index (κ1) is 15.3. The zero-order valence-electron chi connectivity index (χ0n) is 14.1. The molecule has 24 heavy (non-hydrogen) atoms. The van der Waals surface area contributed by atoms with Gasteiger partial charge in [-0.3, -0.25) is 4.79 Å². The van der Waals surface area contributed by atoms with Crippen LogP contribution in [0.1, 0.15) is 46.3 Å². The van der Waals surface area contributed by atoms with Crippen LogP contribution in [0.15, 0.2) is 42.5 Å². The van der Waals surface area contributed by atoms with Crippen LogP contribution >= 0.6 is 0 Å². The van der Waals surface area contributed by atoms with Gasteiger partial charge < -0.3 is 9.64 Å². The maximum absolute atomic E-state index is 13.1. The number of carbonyl (C=O) groups excluding carboxylic acids is 1. The molecule has 0 atom stereocenters. The fourth-order valence-corrected chi connectivity index (χ4v) is 3.55. The van der Waals surface area contributed by atoms with Crippen molar-refractivity contribution in [2.75, 3.05) is 7.11 Å². The molecule has 0 N–H and O–H groups in total. The summed E-state index contributed by atoms with van der Waals surface area (Å²) in [4.78, 5) is 15.1. The first-order valence-corrected chi connectivity index (χ1v) is 8.80. The molecule has 2 aliphatic carbocycles. The Bertz CT molecular complexity index is 747. The lowest BCUT2D eigenvalue weighted by atomic mass is 10.1.